The van der Waals surface area contributed by atoms with Crippen molar-refractivity contribution in [2.75, 3.05) is 37.7 Å². The van der Waals surface area contributed by atoms with E-state index in [9.17, 15) is 4.79 Å². The fourth-order valence-electron chi connectivity index (χ4n) is 3.62. The third-order valence-electron chi connectivity index (χ3n) is 5.27. The molecule has 4 rings (SSSR count). The number of para-hydroxylation sites is 1. The van der Waals surface area contributed by atoms with Gasteiger partial charge in [-0.1, -0.05) is 18.2 Å². The van der Waals surface area contributed by atoms with E-state index in [4.69, 9.17) is 4.74 Å². The molecule has 0 atom stereocenters. The summed E-state index contributed by atoms with van der Waals surface area (Å²) in [6.45, 7) is 8.69. The van der Waals surface area contributed by atoms with E-state index in [1.807, 2.05) is 66.8 Å². The van der Waals surface area contributed by atoms with E-state index in [-0.39, 0.29) is 12.5 Å². The molecule has 0 aliphatic carbocycles. The predicted molar refractivity (Wildman–Crippen MR) is 114 cm³/mol. The normalized spacial score (nSPS) is 14.1. The van der Waals surface area contributed by atoms with Crippen LogP contribution in [0.1, 0.15) is 17.0 Å². The van der Waals surface area contributed by atoms with Crippen molar-refractivity contribution in [2.24, 2.45) is 0 Å². The standard InChI is InChI=1S/C22H26N6O2/c1-16-6-4-5-7-19(16)30-14-22(29)27-10-8-26(9-11-27)20-13-21(24-15-23-20)28-18(3)12-17(2)25-28/h4-7,12-13,15H,8-11,14H2,1-3H3. The minimum absolute atomic E-state index is 0.00363. The SMILES string of the molecule is Cc1cc(C)n(-c2cc(N3CCN(C(=O)COc4ccccc4C)CC3)ncn2)n1. The molecule has 0 bridgehead atoms. The minimum Gasteiger partial charge on any atom is -0.484 e. The van der Waals surface area contributed by atoms with Crippen LogP contribution in [-0.4, -0.2) is 63.3 Å². The Morgan fingerprint density at radius 1 is 1.00 bits per heavy atom. The summed E-state index contributed by atoms with van der Waals surface area (Å²) in [5.74, 6) is 2.35. The van der Waals surface area contributed by atoms with Gasteiger partial charge in [-0.15, -0.1) is 0 Å². The molecule has 3 aromatic rings. The largest absolute Gasteiger partial charge is 0.484 e. The predicted octanol–water partition coefficient (Wildman–Crippen LogP) is 2.32. The quantitative estimate of drug-likeness (QED) is 0.647. The van der Waals surface area contributed by atoms with Crippen molar-refractivity contribution in [1.29, 1.82) is 0 Å². The van der Waals surface area contributed by atoms with Gasteiger partial charge in [-0.25, -0.2) is 14.6 Å². The Kier molecular flexibility index (Phi) is 5.65. The number of anilines is 1. The van der Waals surface area contributed by atoms with Crippen molar-refractivity contribution in [3.63, 3.8) is 0 Å². The highest BCUT2D eigenvalue weighted by molar-refractivity contribution is 5.78. The number of nitrogens with zero attached hydrogens (tertiary/aromatic N) is 6. The van der Waals surface area contributed by atoms with Gasteiger partial charge < -0.3 is 14.5 Å². The third-order valence-corrected chi connectivity index (χ3v) is 5.27. The molecule has 0 unspecified atom stereocenters. The van der Waals surface area contributed by atoms with Crippen LogP contribution in [0.5, 0.6) is 5.75 Å². The van der Waals surface area contributed by atoms with Crippen LogP contribution in [0.15, 0.2) is 42.7 Å². The lowest BCUT2D eigenvalue weighted by Gasteiger charge is -2.35. The molecule has 1 aliphatic heterocycles. The molecule has 3 heterocycles. The van der Waals surface area contributed by atoms with Gasteiger partial charge in [-0.05, 0) is 38.5 Å². The number of carbonyl (C=O) groups is 1. The van der Waals surface area contributed by atoms with Crippen molar-refractivity contribution in [2.45, 2.75) is 20.8 Å². The molecule has 8 nitrogen and oxygen atoms in total. The second-order valence-corrected chi connectivity index (χ2v) is 7.50. The molecule has 1 amide bonds. The van der Waals surface area contributed by atoms with Crippen LogP contribution in [0.2, 0.25) is 0 Å². The fraction of sp³-hybridized carbons (Fsp3) is 0.364. The average molecular weight is 406 g/mol. The van der Waals surface area contributed by atoms with Gasteiger partial charge in [0.1, 0.15) is 17.9 Å². The molecule has 0 spiro atoms. The number of ether oxygens (including phenoxy) is 1. The first-order chi connectivity index (χ1) is 14.5. The zero-order valence-corrected chi connectivity index (χ0v) is 17.6. The smallest absolute Gasteiger partial charge is 0.260 e. The van der Waals surface area contributed by atoms with Crippen LogP contribution in [0.4, 0.5) is 5.82 Å². The minimum atomic E-state index is 0.00363. The molecule has 0 N–H and O–H groups in total. The van der Waals surface area contributed by atoms with E-state index < -0.39 is 0 Å². The summed E-state index contributed by atoms with van der Waals surface area (Å²) in [6, 6.07) is 11.7. The van der Waals surface area contributed by atoms with Gasteiger partial charge >= 0.3 is 0 Å². The third kappa shape index (κ3) is 4.27. The molecule has 156 valence electrons. The van der Waals surface area contributed by atoms with Crippen LogP contribution >= 0.6 is 0 Å². The van der Waals surface area contributed by atoms with Gasteiger partial charge in [0.2, 0.25) is 0 Å². The number of benzene rings is 1. The molecule has 0 radical (unpaired) electrons. The molecular formula is C22H26N6O2. The summed E-state index contributed by atoms with van der Waals surface area (Å²) in [6.07, 6.45) is 1.56. The highest BCUT2D eigenvalue weighted by Crippen LogP contribution is 2.19. The average Bonchev–Trinajstić information content (AvgIpc) is 3.11. The maximum absolute atomic E-state index is 12.5. The monoisotopic (exact) mass is 406 g/mol. The number of hydrogen-bond acceptors (Lipinski definition) is 6. The zero-order valence-electron chi connectivity index (χ0n) is 17.6. The Morgan fingerprint density at radius 3 is 2.43 bits per heavy atom. The van der Waals surface area contributed by atoms with E-state index in [0.717, 1.165) is 34.3 Å². The molecule has 2 aromatic heterocycles. The van der Waals surface area contributed by atoms with Crippen molar-refractivity contribution in [3.8, 4) is 11.6 Å². The summed E-state index contributed by atoms with van der Waals surface area (Å²) in [7, 11) is 0. The van der Waals surface area contributed by atoms with Gasteiger partial charge in [0.25, 0.3) is 5.91 Å². The molecular weight excluding hydrogens is 380 g/mol. The Morgan fingerprint density at radius 2 is 1.73 bits per heavy atom. The van der Waals surface area contributed by atoms with E-state index in [1.165, 1.54) is 0 Å². The van der Waals surface area contributed by atoms with Crippen LogP contribution in [0.3, 0.4) is 0 Å². The molecule has 30 heavy (non-hydrogen) atoms. The number of amides is 1. The van der Waals surface area contributed by atoms with Crippen LogP contribution in [0, 0.1) is 20.8 Å². The number of hydrogen-bond donors (Lipinski definition) is 0. The van der Waals surface area contributed by atoms with Gasteiger partial charge in [-0.2, -0.15) is 5.10 Å². The molecule has 1 aliphatic rings. The fourth-order valence-corrected chi connectivity index (χ4v) is 3.62. The molecule has 1 saturated heterocycles. The number of aromatic nitrogens is 4. The maximum Gasteiger partial charge on any atom is 0.260 e. The second kappa shape index (κ2) is 8.52. The highest BCUT2D eigenvalue weighted by atomic mass is 16.5. The molecule has 1 fully saturated rings. The van der Waals surface area contributed by atoms with Gasteiger partial charge in [-0.3, -0.25) is 4.79 Å². The van der Waals surface area contributed by atoms with Crippen molar-refractivity contribution in [3.05, 3.63) is 59.7 Å². The molecule has 0 saturated carbocycles. The number of carbonyl (C=O) groups excluding carboxylic acids is 1. The van der Waals surface area contributed by atoms with Crippen molar-refractivity contribution >= 4 is 11.7 Å². The Bertz CT molecular complexity index is 1040. The number of rotatable bonds is 5. The second-order valence-electron chi connectivity index (χ2n) is 7.50. The summed E-state index contributed by atoms with van der Waals surface area (Å²) in [5.41, 5.74) is 3.01. The maximum atomic E-state index is 12.5. The molecule has 8 heteroatoms. The topological polar surface area (TPSA) is 76.4 Å². The van der Waals surface area contributed by atoms with Crippen LogP contribution < -0.4 is 9.64 Å². The van der Waals surface area contributed by atoms with Gasteiger partial charge in [0.05, 0.1) is 5.69 Å². The van der Waals surface area contributed by atoms with E-state index in [0.29, 0.717) is 26.2 Å². The van der Waals surface area contributed by atoms with E-state index in [2.05, 4.69) is 20.0 Å². The Balaban J connectivity index is 1.35. The lowest BCUT2D eigenvalue weighted by Crippen LogP contribution is -2.50. The summed E-state index contributed by atoms with van der Waals surface area (Å²) < 4.78 is 7.53. The van der Waals surface area contributed by atoms with E-state index >= 15 is 0 Å². The first-order valence-electron chi connectivity index (χ1n) is 10.1. The van der Waals surface area contributed by atoms with Gasteiger partial charge in [0, 0.05) is 37.9 Å². The van der Waals surface area contributed by atoms with Crippen molar-refractivity contribution in [1.82, 2.24) is 24.6 Å². The number of aryl methyl sites for hydroxylation is 3. The first-order valence-corrected chi connectivity index (χ1v) is 10.1. The lowest BCUT2D eigenvalue weighted by molar-refractivity contribution is -0.133. The summed E-state index contributed by atoms with van der Waals surface area (Å²) in [5, 5.41) is 4.49. The van der Waals surface area contributed by atoms with Crippen molar-refractivity contribution < 1.29 is 9.53 Å². The van der Waals surface area contributed by atoms with Crippen LogP contribution in [-0.2, 0) is 4.79 Å². The lowest BCUT2D eigenvalue weighted by atomic mass is 10.2. The summed E-state index contributed by atoms with van der Waals surface area (Å²) in [4.78, 5) is 25.4. The van der Waals surface area contributed by atoms with Crippen LogP contribution in [0.25, 0.3) is 5.82 Å². The molecule has 1 aromatic carbocycles. The zero-order chi connectivity index (χ0) is 21.1. The summed E-state index contributed by atoms with van der Waals surface area (Å²) >= 11 is 0. The Labute approximate surface area is 176 Å². The highest BCUT2D eigenvalue weighted by Gasteiger charge is 2.23. The number of piperazine rings is 1. The van der Waals surface area contributed by atoms with Gasteiger partial charge in [0.15, 0.2) is 12.4 Å². The Hall–Kier alpha value is -3.42. The van der Waals surface area contributed by atoms with E-state index in [1.54, 1.807) is 6.33 Å². The first kappa shape index (κ1) is 19.9.